The van der Waals surface area contributed by atoms with E-state index in [1.165, 1.54) is 12.3 Å². The van der Waals surface area contributed by atoms with E-state index in [1.807, 2.05) is 12.1 Å². The minimum Gasteiger partial charge on any atom is -0.436 e. The van der Waals surface area contributed by atoms with E-state index in [4.69, 9.17) is 27.9 Å². The number of halogens is 3. The summed E-state index contributed by atoms with van der Waals surface area (Å²) in [6.07, 6.45) is 2.27. The number of sulfonamides is 1. The Hall–Kier alpha value is -2.68. The molecule has 1 N–H and O–H groups in total. The lowest BCUT2D eigenvalue weighted by Crippen LogP contribution is -2.30. The molecule has 6 nitrogen and oxygen atoms in total. The number of aromatic nitrogens is 1. The first-order valence-electron chi connectivity index (χ1n) is 10.1. The van der Waals surface area contributed by atoms with Crippen LogP contribution in [0.25, 0.3) is 11.1 Å². The molecule has 1 heterocycles. The zero-order valence-electron chi connectivity index (χ0n) is 19.2. The average Bonchev–Trinajstić information content (AvgIpc) is 2.70. The zero-order chi connectivity index (χ0) is 25.4. The SMILES string of the molecule is Cc1cc(C(=O)NS(C)(=O)=O)c(F)cc1-c1cnc(Oc2ccc(C(C)(C)C)cc2Cl)c(Cl)c1. The fourth-order valence-corrected chi connectivity index (χ4v) is 4.06. The van der Waals surface area contributed by atoms with Gasteiger partial charge in [-0.3, -0.25) is 4.79 Å². The van der Waals surface area contributed by atoms with E-state index < -0.39 is 21.7 Å². The monoisotopic (exact) mass is 524 g/mol. The molecule has 1 amide bonds. The van der Waals surface area contributed by atoms with Crippen LogP contribution < -0.4 is 9.46 Å². The molecular formula is C24H23Cl2FN2O4S. The van der Waals surface area contributed by atoms with Gasteiger partial charge in [-0.1, -0.05) is 50.0 Å². The molecule has 0 aliphatic carbocycles. The highest BCUT2D eigenvalue weighted by atomic mass is 35.5. The van der Waals surface area contributed by atoms with Crippen molar-refractivity contribution in [2.75, 3.05) is 6.26 Å². The van der Waals surface area contributed by atoms with Crippen molar-refractivity contribution < 1.29 is 22.3 Å². The van der Waals surface area contributed by atoms with Gasteiger partial charge in [0.1, 0.15) is 16.6 Å². The van der Waals surface area contributed by atoms with Crippen LogP contribution in [0.15, 0.2) is 42.6 Å². The predicted octanol–water partition coefficient (Wildman–Crippen LogP) is 6.28. The highest BCUT2D eigenvalue weighted by molar-refractivity contribution is 7.89. The number of rotatable bonds is 5. The maximum atomic E-state index is 14.6. The summed E-state index contributed by atoms with van der Waals surface area (Å²) in [6.45, 7) is 7.88. The fraction of sp³-hybridized carbons (Fsp3) is 0.250. The number of amides is 1. The third-order valence-electron chi connectivity index (χ3n) is 4.96. The normalized spacial score (nSPS) is 11.9. The van der Waals surface area contributed by atoms with E-state index in [9.17, 15) is 17.6 Å². The topological polar surface area (TPSA) is 85.4 Å². The molecule has 0 radical (unpaired) electrons. The third-order valence-corrected chi connectivity index (χ3v) is 6.08. The molecule has 3 rings (SSSR count). The fourth-order valence-electron chi connectivity index (χ4n) is 3.19. The maximum absolute atomic E-state index is 14.6. The molecule has 2 aromatic carbocycles. The lowest BCUT2D eigenvalue weighted by molar-refractivity contribution is 0.0977. The molecule has 180 valence electrons. The third kappa shape index (κ3) is 6.05. The molecule has 0 saturated heterocycles. The molecule has 1 aromatic heterocycles. The predicted molar refractivity (Wildman–Crippen MR) is 132 cm³/mol. The second kappa shape index (κ2) is 9.52. The number of pyridine rings is 1. The lowest BCUT2D eigenvalue weighted by atomic mass is 9.87. The molecule has 0 saturated carbocycles. The van der Waals surface area contributed by atoms with E-state index in [-0.39, 0.29) is 21.9 Å². The van der Waals surface area contributed by atoms with Crippen molar-refractivity contribution >= 4 is 39.1 Å². The molecule has 0 bridgehead atoms. The summed E-state index contributed by atoms with van der Waals surface area (Å²) in [7, 11) is -3.83. The molecule has 3 aromatic rings. The molecule has 0 spiro atoms. The molecule has 10 heteroatoms. The maximum Gasteiger partial charge on any atom is 0.267 e. The average molecular weight is 525 g/mol. The summed E-state index contributed by atoms with van der Waals surface area (Å²) in [6, 6.07) is 9.43. The number of hydrogen-bond donors (Lipinski definition) is 1. The lowest BCUT2D eigenvalue weighted by Gasteiger charge is -2.20. The molecule has 0 aliphatic heterocycles. The quantitative estimate of drug-likeness (QED) is 0.424. The largest absolute Gasteiger partial charge is 0.436 e. The van der Waals surface area contributed by atoms with E-state index in [0.717, 1.165) is 17.9 Å². The summed E-state index contributed by atoms with van der Waals surface area (Å²) in [5, 5.41) is 0.586. The van der Waals surface area contributed by atoms with E-state index >= 15 is 0 Å². The summed E-state index contributed by atoms with van der Waals surface area (Å²) >= 11 is 12.8. The number of carbonyl (C=O) groups excluding carboxylic acids is 1. The summed E-state index contributed by atoms with van der Waals surface area (Å²) < 4.78 is 44.7. The van der Waals surface area contributed by atoms with Crippen LogP contribution in [0.4, 0.5) is 4.39 Å². The summed E-state index contributed by atoms with van der Waals surface area (Å²) in [4.78, 5) is 16.3. The first-order chi connectivity index (χ1) is 15.7. The van der Waals surface area contributed by atoms with Gasteiger partial charge in [0.25, 0.3) is 5.91 Å². The van der Waals surface area contributed by atoms with Crippen molar-refractivity contribution in [3.8, 4) is 22.8 Å². The van der Waals surface area contributed by atoms with Crippen LogP contribution >= 0.6 is 23.2 Å². The van der Waals surface area contributed by atoms with Crippen LogP contribution in [0.5, 0.6) is 11.6 Å². The summed E-state index contributed by atoms with van der Waals surface area (Å²) in [5.41, 5.74) is 2.02. The molecular weight excluding hydrogens is 502 g/mol. The van der Waals surface area contributed by atoms with Gasteiger partial charge in [0.05, 0.1) is 16.8 Å². The van der Waals surface area contributed by atoms with Crippen molar-refractivity contribution in [3.05, 3.63) is 75.1 Å². The van der Waals surface area contributed by atoms with Gasteiger partial charge < -0.3 is 4.74 Å². The summed E-state index contributed by atoms with van der Waals surface area (Å²) in [5.74, 6) is -1.42. The van der Waals surface area contributed by atoms with Crippen LogP contribution in [-0.4, -0.2) is 25.6 Å². The standard InChI is InChI=1S/C24H23Cl2FN2O4S/c1-13-8-17(22(30)29-34(5,31)32)20(27)11-16(13)14-9-19(26)23(28-12-14)33-21-7-6-15(10-18(21)25)24(2,3)4/h6-12H,1-5H3,(H,29,30). The van der Waals surface area contributed by atoms with Crippen molar-refractivity contribution in [2.24, 2.45) is 0 Å². The van der Waals surface area contributed by atoms with E-state index in [1.54, 1.807) is 23.8 Å². The van der Waals surface area contributed by atoms with Gasteiger partial charge >= 0.3 is 0 Å². The number of benzene rings is 2. The van der Waals surface area contributed by atoms with Crippen LogP contribution in [0, 0.1) is 12.7 Å². The Kier molecular flexibility index (Phi) is 7.26. The first-order valence-corrected chi connectivity index (χ1v) is 12.8. The Balaban J connectivity index is 1.89. The molecule has 34 heavy (non-hydrogen) atoms. The van der Waals surface area contributed by atoms with E-state index in [0.29, 0.717) is 27.5 Å². The minimum absolute atomic E-state index is 0.0755. The van der Waals surface area contributed by atoms with E-state index in [2.05, 4.69) is 25.8 Å². The molecule has 0 atom stereocenters. The van der Waals surface area contributed by atoms with Crippen molar-refractivity contribution in [1.29, 1.82) is 0 Å². The smallest absolute Gasteiger partial charge is 0.267 e. The van der Waals surface area contributed by atoms with Crippen LogP contribution in [0.2, 0.25) is 10.0 Å². The number of nitrogens with zero attached hydrogens (tertiary/aromatic N) is 1. The van der Waals surface area contributed by atoms with Gasteiger partial charge in [0, 0.05) is 11.8 Å². The van der Waals surface area contributed by atoms with Crippen molar-refractivity contribution in [1.82, 2.24) is 9.71 Å². The van der Waals surface area contributed by atoms with Crippen LogP contribution in [-0.2, 0) is 15.4 Å². The second-order valence-corrected chi connectivity index (χ2v) is 11.4. The number of aryl methyl sites for hydroxylation is 1. The highest BCUT2D eigenvalue weighted by Gasteiger charge is 2.20. The number of hydrogen-bond acceptors (Lipinski definition) is 5. The van der Waals surface area contributed by atoms with Gasteiger partial charge in [0.2, 0.25) is 15.9 Å². The van der Waals surface area contributed by atoms with Gasteiger partial charge in [-0.15, -0.1) is 0 Å². The Bertz CT molecular complexity index is 1390. The first kappa shape index (κ1) is 25.9. The molecule has 0 fully saturated rings. The van der Waals surface area contributed by atoms with Gasteiger partial charge in [-0.05, 0) is 59.4 Å². The van der Waals surface area contributed by atoms with Crippen molar-refractivity contribution in [2.45, 2.75) is 33.1 Å². The Labute approximate surface area is 208 Å². The Morgan fingerprint density at radius 3 is 2.32 bits per heavy atom. The van der Waals surface area contributed by atoms with Crippen LogP contribution in [0.1, 0.15) is 42.3 Å². The second-order valence-electron chi connectivity index (χ2n) is 8.86. The molecule has 0 aliphatic rings. The number of nitrogens with one attached hydrogen (secondary N) is 1. The number of ether oxygens (including phenoxy) is 1. The van der Waals surface area contributed by atoms with Gasteiger partial charge in [0.15, 0.2) is 0 Å². The van der Waals surface area contributed by atoms with Crippen LogP contribution in [0.3, 0.4) is 0 Å². The van der Waals surface area contributed by atoms with Crippen molar-refractivity contribution in [3.63, 3.8) is 0 Å². The minimum atomic E-state index is -3.83. The number of carbonyl (C=O) groups is 1. The molecule has 0 unspecified atom stereocenters. The highest BCUT2D eigenvalue weighted by Crippen LogP contribution is 2.37. The van der Waals surface area contributed by atoms with Gasteiger partial charge in [-0.25, -0.2) is 22.5 Å². The zero-order valence-corrected chi connectivity index (χ0v) is 21.5. The Morgan fingerprint density at radius 2 is 1.76 bits per heavy atom. The Morgan fingerprint density at radius 1 is 1.09 bits per heavy atom. The van der Waals surface area contributed by atoms with Gasteiger partial charge in [-0.2, -0.15) is 0 Å².